The van der Waals surface area contributed by atoms with Crippen molar-refractivity contribution in [3.05, 3.63) is 92.9 Å². The summed E-state index contributed by atoms with van der Waals surface area (Å²) in [6, 6.07) is 11.7. The zero-order valence-electron chi connectivity index (χ0n) is 19.3. The summed E-state index contributed by atoms with van der Waals surface area (Å²) in [6.45, 7) is 0. The largest absolute Gasteiger partial charge is 0.116 e. The molecule has 0 amide bonds. The second-order valence-corrected chi connectivity index (χ2v) is 12.6. The molecule has 1 aromatic rings. The summed E-state index contributed by atoms with van der Waals surface area (Å²) in [5.74, 6) is 2.70. The van der Waals surface area contributed by atoms with Crippen LogP contribution in [-0.2, 0) is 5.41 Å². The molecule has 7 rings (SSSR count). The number of fused-ring (bicyclic) bond motifs is 6. The normalized spacial score (nSPS) is 39.2. The van der Waals surface area contributed by atoms with Gasteiger partial charge in [-0.05, 0) is 79.4 Å². The van der Waals surface area contributed by atoms with Crippen molar-refractivity contribution in [3.8, 4) is 0 Å². The monoisotopic (exact) mass is 472 g/mol. The molecule has 0 spiro atoms. The Balaban J connectivity index is 1.41. The van der Waals surface area contributed by atoms with Crippen molar-refractivity contribution in [1.29, 1.82) is 0 Å². The zero-order chi connectivity index (χ0) is 22.0. The molecule has 2 saturated carbocycles. The molecular formula is C31H33ClS. The highest BCUT2D eigenvalue weighted by atomic mass is 35.5. The molecular weight excluding hydrogens is 440 g/mol. The molecule has 2 heteroatoms. The van der Waals surface area contributed by atoms with Crippen molar-refractivity contribution in [1.82, 2.24) is 0 Å². The van der Waals surface area contributed by atoms with Gasteiger partial charge in [0.2, 0.25) is 0 Å². The Kier molecular flexibility index (Phi) is 5.10. The summed E-state index contributed by atoms with van der Waals surface area (Å²) in [7, 11) is 0. The summed E-state index contributed by atoms with van der Waals surface area (Å²) < 4.78 is 0. The van der Waals surface area contributed by atoms with Gasteiger partial charge < -0.3 is 0 Å². The third-order valence-corrected chi connectivity index (χ3v) is 11.5. The highest BCUT2D eigenvalue weighted by Gasteiger charge is 2.60. The molecule has 1 heterocycles. The quantitative estimate of drug-likeness (QED) is 0.387. The smallest absolute Gasteiger partial charge is 0.0384 e. The summed E-state index contributed by atoms with van der Waals surface area (Å²) in [4.78, 5) is 1.38. The first kappa shape index (κ1) is 20.9. The Morgan fingerprint density at radius 3 is 2.73 bits per heavy atom. The van der Waals surface area contributed by atoms with E-state index in [0.29, 0.717) is 17.1 Å². The van der Waals surface area contributed by atoms with Gasteiger partial charge in [0.15, 0.2) is 0 Å². The summed E-state index contributed by atoms with van der Waals surface area (Å²) >= 11 is 8.76. The molecule has 3 fully saturated rings. The lowest BCUT2D eigenvalue weighted by Gasteiger charge is -2.46. The van der Waals surface area contributed by atoms with Gasteiger partial charge >= 0.3 is 0 Å². The SMILES string of the molecule is ClC1=C2SC3C=C(C4(c5ccccc5)C5CCCC=C5C5CCCCC54)C=CC3C2=CCC1. The minimum absolute atomic E-state index is 0.140. The molecule has 1 aliphatic heterocycles. The van der Waals surface area contributed by atoms with Crippen LogP contribution in [0.5, 0.6) is 0 Å². The number of halogens is 1. The second kappa shape index (κ2) is 8.06. The summed E-state index contributed by atoms with van der Waals surface area (Å²) in [5, 5.41) is 1.59. The Labute approximate surface area is 207 Å². The Bertz CT molecular complexity index is 1120. The zero-order valence-corrected chi connectivity index (χ0v) is 20.9. The Morgan fingerprint density at radius 1 is 0.939 bits per heavy atom. The van der Waals surface area contributed by atoms with Crippen LogP contribution in [-0.4, -0.2) is 5.25 Å². The van der Waals surface area contributed by atoms with E-state index in [1.807, 2.05) is 17.3 Å². The number of allylic oxidation sites excluding steroid dienone is 8. The minimum Gasteiger partial charge on any atom is -0.116 e. The van der Waals surface area contributed by atoms with Crippen molar-refractivity contribution in [3.63, 3.8) is 0 Å². The third kappa shape index (κ3) is 2.97. The van der Waals surface area contributed by atoms with E-state index < -0.39 is 0 Å². The lowest BCUT2D eigenvalue weighted by atomic mass is 9.57. The number of hydrogen-bond acceptors (Lipinski definition) is 1. The predicted molar refractivity (Wildman–Crippen MR) is 141 cm³/mol. The van der Waals surface area contributed by atoms with E-state index in [1.54, 1.807) is 11.1 Å². The maximum absolute atomic E-state index is 6.72. The average molecular weight is 473 g/mol. The van der Waals surface area contributed by atoms with Crippen LogP contribution >= 0.6 is 23.4 Å². The highest BCUT2D eigenvalue weighted by Crippen LogP contribution is 2.66. The number of rotatable bonds is 2. The van der Waals surface area contributed by atoms with Crippen LogP contribution in [0.2, 0.25) is 0 Å². The molecule has 6 atom stereocenters. The molecule has 1 aromatic carbocycles. The molecule has 1 saturated heterocycles. The fourth-order valence-electron chi connectivity index (χ4n) is 8.43. The van der Waals surface area contributed by atoms with E-state index in [1.165, 1.54) is 55.4 Å². The first-order chi connectivity index (χ1) is 16.3. The van der Waals surface area contributed by atoms with Crippen LogP contribution in [0.25, 0.3) is 0 Å². The third-order valence-electron chi connectivity index (χ3n) is 9.57. The fraction of sp³-hybridized carbons (Fsp3) is 0.484. The van der Waals surface area contributed by atoms with E-state index in [4.69, 9.17) is 11.6 Å². The first-order valence-corrected chi connectivity index (χ1v) is 14.5. The lowest BCUT2D eigenvalue weighted by Crippen LogP contribution is -2.42. The number of thioether (sulfide) groups is 1. The van der Waals surface area contributed by atoms with E-state index in [2.05, 4.69) is 60.7 Å². The van der Waals surface area contributed by atoms with Gasteiger partial charge in [-0.1, -0.05) is 90.7 Å². The minimum atomic E-state index is 0.140. The molecule has 0 nitrogen and oxygen atoms in total. The molecule has 5 aliphatic carbocycles. The van der Waals surface area contributed by atoms with Gasteiger partial charge in [-0.25, -0.2) is 0 Å². The fourth-order valence-corrected chi connectivity index (χ4v) is 10.2. The van der Waals surface area contributed by atoms with E-state index in [-0.39, 0.29) is 5.41 Å². The van der Waals surface area contributed by atoms with Gasteiger partial charge in [0, 0.05) is 26.5 Å². The Hall–Kier alpha value is -1.44. The molecule has 33 heavy (non-hydrogen) atoms. The van der Waals surface area contributed by atoms with Crippen LogP contribution in [0.1, 0.15) is 63.4 Å². The molecule has 0 bridgehead atoms. The van der Waals surface area contributed by atoms with Crippen LogP contribution < -0.4 is 0 Å². The van der Waals surface area contributed by atoms with E-state index >= 15 is 0 Å². The predicted octanol–water partition coefficient (Wildman–Crippen LogP) is 8.87. The first-order valence-electron chi connectivity index (χ1n) is 13.2. The summed E-state index contributed by atoms with van der Waals surface area (Å²) in [6.07, 6.45) is 24.6. The maximum atomic E-state index is 6.72. The van der Waals surface area contributed by atoms with Crippen LogP contribution in [0.15, 0.2) is 87.4 Å². The van der Waals surface area contributed by atoms with Gasteiger partial charge in [-0.3, -0.25) is 0 Å². The van der Waals surface area contributed by atoms with E-state index in [0.717, 1.165) is 29.7 Å². The average Bonchev–Trinajstić information content (AvgIpc) is 3.39. The van der Waals surface area contributed by atoms with Crippen LogP contribution in [0, 0.1) is 23.7 Å². The van der Waals surface area contributed by atoms with Gasteiger partial charge in [-0.15, -0.1) is 11.8 Å². The van der Waals surface area contributed by atoms with Crippen molar-refractivity contribution >= 4 is 23.4 Å². The van der Waals surface area contributed by atoms with Gasteiger partial charge in [-0.2, -0.15) is 0 Å². The number of benzene rings is 1. The van der Waals surface area contributed by atoms with Crippen LogP contribution in [0.3, 0.4) is 0 Å². The standard InChI is InChI=1S/C31H33ClS/c32-28-16-8-13-25-24-18-17-21(19-29(24)33-30(25)28)31(20-9-2-1-3-10-20)26-14-6-4-11-22(26)23-12-5-7-15-27(23)31/h1-3,9-11,13,17-19,23-24,26-27,29H,4-8,12,14-16H2. The molecule has 0 aromatic heterocycles. The highest BCUT2D eigenvalue weighted by molar-refractivity contribution is 8.04. The number of hydrogen-bond donors (Lipinski definition) is 0. The van der Waals surface area contributed by atoms with Crippen molar-refractivity contribution in [2.24, 2.45) is 23.7 Å². The molecule has 0 N–H and O–H groups in total. The second-order valence-electron chi connectivity index (χ2n) is 10.9. The molecule has 0 radical (unpaired) electrons. The molecule has 170 valence electrons. The van der Waals surface area contributed by atoms with Crippen LogP contribution in [0.4, 0.5) is 0 Å². The van der Waals surface area contributed by atoms with Crippen molar-refractivity contribution < 1.29 is 0 Å². The van der Waals surface area contributed by atoms with E-state index in [9.17, 15) is 0 Å². The summed E-state index contributed by atoms with van der Waals surface area (Å²) in [5.41, 5.74) is 6.66. The van der Waals surface area contributed by atoms with Gasteiger partial charge in [0.05, 0.1) is 0 Å². The Morgan fingerprint density at radius 2 is 1.82 bits per heavy atom. The van der Waals surface area contributed by atoms with Crippen molar-refractivity contribution in [2.75, 3.05) is 0 Å². The van der Waals surface area contributed by atoms with Gasteiger partial charge in [0.1, 0.15) is 0 Å². The lowest BCUT2D eigenvalue weighted by molar-refractivity contribution is 0.206. The van der Waals surface area contributed by atoms with Crippen molar-refractivity contribution in [2.45, 2.75) is 68.5 Å². The topological polar surface area (TPSA) is 0 Å². The maximum Gasteiger partial charge on any atom is 0.0384 e. The molecule has 6 unspecified atom stereocenters. The molecule has 6 aliphatic rings. The van der Waals surface area contributed by atoms with Gasteiger partial charge in [0.25, 0.3) is 0 Å².